The van der Waals surface area contributed by atoms with Gasteiger partial charge >= 0.3 is 5.97 Å². The summed E-state index contributed by atoms with van der Waals surface area (Å²) in [6, 6.07) is 6.85. The molecule has 0 saturated heterocycles. The van der Waals surface area contributed by atoms with Crippen molar-refractivity contribution in [2.75, 3.05) is 6.61 Å². The molecule has 0 N–H and O–H groups in total. The van der Waals surface area contributed by atoms with E-state index < -0.39 is 4.92 Å². The van der Waals surface area contributed by atoms with Crippen molar-refractivity contribution in [2.24, 2.45) is 0 Å². The first kappa shape index (κ1) is 13.9. The predicted octanol–water partition coefficient (Wildman–Crippen LogP) is 2.59. The summed E-state index contributed by atoms with van der Waals surface area (Å²) in [7, 11) is 0. The summed E-state index contributed by atoms with van der Waals surface area (Å²) in [5, 5.41) is 10.3. The molecule has 1 rings (SSSR count). The predicted molar refractivity (Wildman–Crippen MR) is 66.9 cm³/mol. The van der Waals surface area contributed by atoms with Gasteiger partial charge in [-0.05, 0) is 38.0 Å². The molecule has 5 nitrogen and oxygen atoms in total. The highest BCUT2D eigenvalue weighted by molar-refractivity contribution is 5.89. The molecule has 0 amide bonds. The Balaban J connectivity index is 2.71. The average Bonchev–Trinajstić information content (AvgIpc) is 2.29. The van der Waals surface area contributed by atoms with Gasteiger partial charge in [-0.15, -0.1) is 0 Å². The Morgan fingerprint density at radius 1 is 1.39 bits per heavy atom. The molecule has 0 radical (unpaired) electrons. The van der Waals surface area contributed by atoms with Crippen LogP contribution in [0.3, 0.4) is 0 Å². The number of carbonyl (C=O) groups excluding carboxylic acids is 1. The molecular weight excluding hydrogens is 234 g/mol. The third kappa shape index (κ3) is 4.37. The summed E-state index contributed by atoms with van der Waals surface area (Å²) in [5.41, 5.74) is 2.05. The van der Waals surface area contributed by atoms with Crippen LogP contribution in [0.4, 0.5) is 0 Å². The number of ether oxygens (including phenoxy) is 1. The Morgan fingerprint density at radius 2 is 2.00 bits per heavy atom. The van der Waals surface area contributed by atoms with Crippen LogP contribution in [-0.4, -0.2) is 17.5 Å². The Labute approximate surface area is 105 Å². The zero-order valence-electron chi connectivity index (χ0n) is 10.4. The number of hydrogen-bond acceptors (Lipinski definition) is 4. The fourth-order valence-corrected chi connectivity index (χ4v) is 1.52. The number of carbonyl (C=O) groups is 1. The van der Waals surface area contributed by atoms with E-state index in [0.717, 1.165) is 11.8 Å². The highest BCUT2D eigenvalue weighted by Crippen LogP contribution is 2.10. The number of esters is 1. The molecule has 0 fully saturated rings. The van der Waals surface area contributed by atoms with Crippen LogP contribution in [-0.2, 0) is 11.2 Å². The Morgan fingerprint density at radius 3 is 2.50 bits per heavy atom. The van der Waals surface area contributed by atoms with Gasteiger partial charge in [0, 0.05) is 5.57 Å². The molecule has 5 heteroatoms. The van der Waals surface area contributed by atoms with Crippen molar-refractivity contribution >= 4 is 5.97 Å². The minimum atomic E-state index is -0.470. The van der Waals surface area contributed by atoms with Gasteiger partial charge < -0.3 is 4.74 Å². The molecule has 0 saturated carbocycles. The van der Waals surface area contributed by atoms with Crippen molar-refractivity contribution in [3.05, 3.63) is 57.3 Å². The van der Waals surface area contributed by atoms with E-state index in [4.69, 9.17) is 4.74 Å². The lowest BCUT2D eigenvalue weighted by Crippen LogP contribution is -2.04. The van der Waals surface area contributed by atoms with Gasteiger partial charge in [0.05, 0.1) is 17.1 Å². The van der Waals surface area contributed by atoms with Crippen LogP contribution in [0, 0.1) is 10.1 Å². The lowest BCUT2D eigenvalue weighted by atomic mass is 10.1. The average molecular weight is 249 g/mol. The van der Waals surface area contributed by atoms with Crippen LogP contribution in [0.5, 0.6) is 0 Å². The van der Waals surface area contributed by atoms with Crippen LogP contribution < -0.4 is 0 Å². The van der Waals surface area contributed by atoms with Crippen LogP contribution in [0.15, 0.2) is 36.0 Å². The van der Waals surface area contributed by atoms with E-state index in [0.29, 0.717) is 24.2 Å². The molecule has 0 heterocycles. The van der Waals surface area contributed by atoms with Crippen LogP contribution in [0.1, 0.15) is 29.8 Å². The Bertz CT molecular complexity index is 462. The Kier molecular flexibility index (Phi) is 5.05. The molecule has 0 unspecified atom stereocenters. The molecule has 1 aromatic carbocycles. The minimum absolute atomic E-state index is 0.339. The maximum atomic E-state index is 11.4. The van der Waals surface area contributed by atoms with E-state index in [1.54, 1.807) is 38.1 Å². The van der Waals surface area contributed by atoms with Gasteiger partial charge in [0.1, 0.15) is 0 Å². The SMILES string of the molecule is CCOC(=O)c1ccc(CC(C)=C[N+](=O)[O-])cc1. The zero-order chi connectivity index (χ0) is 13.5. The van der Waals surface area contributed by atoms with Crippen molar-refractivity contribution in [2.45, 2.75) is 20.3 Å². The first-order chi connectivity index (χ1) is 8.52. The van der Waals surface area contributed by atoms with Gasteiger partial charge in [-0.1, -0.05) is 12.1 Å². The van der Waals surface area contributed by atoms with E-state index in [2.05, 4.69) is 0 Å². The number of rotatable bonds is 5. The largest absolute Gasteiger partial charge is 0.462 e. The second-order valence-electron chi connectivity index (χ2n) is 3.85. The summed E-state index contributed by atoms with van der Waals surface area (Å²) >= 11 is 0. The fraction of sp³-hybridized carbons (Fsp3) is 0.308. The first-order valence-electron chi connectivity index (χ1n) is 5.59. The minimum Gasteiger partial charge on any atom is -0.462 e. The smallest absolute Gasteiger partial charge is 0.338 e. The number of nitrogens with zero attached hydrogens (tertiary/aromatic N) is 1. The third-order valence-corrected chi connectivity index (χ3v) is 2.27. The monoisotopic (exact) mass is 249 g/mol. The quantitative estimate of drug-likeness (QED) is 0.457. The lowest BCUT2D eigenvalue weighted by molar-refractivity contribution is -0.403. The molecule has 0 atom stereocenters. The molecular formula is C13H15NO4. The van der Waals surface area contributed by atoms with Crippen LogP contribution in [0.25, 0.3) is 0 Å². The third-order valence-electron chi connectivity index (χ3n) is 2.27. The highest BCUT2D eigenvalue weighted by Gasteiger charge is 2.06. The van der Waals surface area contributed by atoms with Gasteiger partial charge in [0.15, 0.2) is 0 Å². The van der Waals surface area contributed by atoms with Crippen molar-refractivity contribution in [3.63, 3.8) is 0 Å². The summed E-state index contributed by atoms with van der Waals surface area (Å²) in [6.45, 7) is 3.78. The highest BCUT2D eigenvalue weighted by atomic mass is 16.6. The molecule has 0 aliphatic heterocycles. The first-order valence-corrected chi connectivity index (χ1v) is 5.59. The topological polar surface area (TPSA) is 69.4 Å². The van der Waals surface area contributed by atoms with Gasteiger partial charge in [0.2, 0.25) is 6.20 Å². The van der Waals surface area contributed by atoms with E-state index in [-0.39, 0.29) is 5.97 Å². The second kappa shape index (κ2) is 6.54. The van der Waals surface area contributed by atoms with Crippen molar-refractivity contribution in [1.82, 2.24) is 0 Å². The number of hydrogen-bond donors (Lipinski definition) is 0. The van der Waals surface area contributed by atoms with Crippen LogP contribution in [0.2, 0.25) is 0 Å². The summed E-state index contributed by atoms with van der Waals surface area (Å²) in [6.07, 6.45) is 1.48. The normalized spacial score (nSPS) is 11.1. The van der Waals surface area contributed by atoms with Gasteiger partial charge in [-0.2, -0.15) is 0 Å². The Hall–Kier alpha value is -2.17. The van der Waals surface area contributed by atoms with Crippen molar-refractivity contribution in [3.8, 4) is 0 Å². The molecule has 1 aromatic rings. The zero-order valence-corrected chi connectivity index (χ0v) is 10.4. The summed E-state index contributed by atoms with van der Waals surface area (Å²) in [5.74, 6) is -0.360. The summed E-state index contributed by atoms with van der Waals surface area (Å²) in [4.78, 5) is 21.2. The van der Waals surface area contributed by atoms with Gasteiger partial charge in [-0.25, -0.2) is 4.79 Å². The molecule has 0 aliphatic carbocycles. The van der Waals surface area contributed by atoms with Crippen LogP contribution >= 0.6 is 0 Å². The molecule has 0 bridgehead atoms. The van der Waals surface area contributed by atoms with Crippen molar-refractivity contribution < 1.29 is 14.5 Å². The van der Waals surface area contributed by atoms with Crippen molar-refractivity contribution in [1.29, 1.82) is 0 Å². The number of benzene rings is 1. The molecule has 0 spiro atoms. The molecule has 0 aromatic heterocycles. The summed E-state index contributed by atoms with van der Waals surface area (Å²) < 4.78 is 4.86. The maximum Gasteiger partial charge on any atom is 0.338 e. The van der Waals surface area contributed by atoms with E-state index in [9.17, 15) is 14.9 Å². The standard InChI is InChI=1S/C13H15NO4/c1-3-18-13(15)12-6-4-11(5-7-12)8-10(2)9-14(16)17/h4-7,9H,3,8H2,1-2H3. The molecule has 18 heavy (non-hydrogen) atoms. The van der Waals surface area contributed by atoms with E-state index in [1.807, 2.05) is 0 Å². The van der Waals surface area contributed by atoms with Gasteiger partial charge in [-0.3, -0.25) is 10.1 Å². The van der Waals surface area contributed by atoms with Gasteiger partial charge in [0.25, 0.3) is 0 Å². The van der Waals surface area contributed by atoms with E-state index in [1.165, 1.54) is 0 Å². The second-order valence-corrected chi connectivity index (χ2v) is 3.85. The number of allylic oxidation sites excluding steroid dienone is 1. The lowest BCUT2D eigenvalue weighted by Gasteiger charge is -2.03. The maximum absolute atomic E-state index is 11.4. The van der Waals surface area contributed by atoms with E-state index >= 15 is 0 Å². The fourth-order valence-electron chi connectivity index (χ4n) is 1.52. The molecule has 0 aliphatic rings. The molecule has 96 valence electrons. The number of nitro groups is 1.